The molecule has 2 atom stereocenters. The quantitative estimate of drug-likeness (QED) is 0.597. The second-order valence-electron chi connectivity index (χ2n) is 10.8. The fourth-order valence-electron chi connectivity index (χ4n) is 5.25. The van der Waals surface area contributed by atoms with Crippen LogP contribution in [0.25, 0.3) is 0 Å². The first kappa shape index (κ1) is 26.5. The van der Waals surface area contributed by atoms with E-state index in [4.69, 9.17) is 0 Å². The Bertz CT molecular complexity index is 1110. The van der Waals surface area contributed by atoms with Gasteiger partial charge in [-0.05, 0) is 66.5 Å². The normalized spacial score (nSPS) is 19.6. The zero-order valence-corrected chi connectivity index (χ0v) is 22.3. The van der Waals surface area contributed by atoms with Gasteiger partial charge in [0.25, 0.3) is 0 Å². The highest BCUT2D eigenvalue weighted by Gasteiger charge is 2.34. The van der Waals surface area contributed by atoms with Gasteiger partial charge in [0.2, 0.25) is 11.8 Å². The van der Waals surface area contributed by atoms with Gasteiger partial charge >= 0.3 is 6.09 Å². The first-order chi connectivity index (χ1) is 17.7. The summed E-state index contributed by atoms with van der Waals surface area (Å²) in [4.78, 5) is 40.8. The van der Waals surface area contributed by atoms with Crippen molar-refractivity contribution in [3.8, 4) is 0 Å². The van der Waals surface area contributed by atoms with Crippen LogP contribution in [0.5, 0.6) is 0 Å². The van der Waals surface area contributed by atoms with E-state index in [2.05, 4.69) is 77.4 Å². The molecule has 0 spiro atoms. The van der Waals surface area contributed by atoms with E-state index in [9.17, 15) is 14.4 Å². The Kier molecular flexibility index (Phi) is 8.05. The zero-order chi connectivity index (χ0) is 26.6. The lowest BCUT2D eigenvalue weighted by atomic mass is 9.87. The van der Waals surface area contributed by atoms with E-state index in [0.29, 0.717) is 24.7 Å². The molecule has 2 aromatic carbocycles. The minimum atomic E-state index is -0.670. The molecule has 2 fully saturated rings. The van der Waals surface area contributed by atoms with Crippen molar-refractivity contribution < 1.29 is 19.1 Å². The van der Waals surface area contributed by atoms with E-state index < -0.39 is 12.1 Å². The van der Waals surface area contributed by atoms with Crippen molar-refractivity contribution in [2.75, 3.05) is 37.0 Å². The van der Waals surface area contributed by atoms with Crippen molar-refractivity contribution >= 4 is 29.3 Å². The van der Waals surface area contributed by atoms with Gasteiger partial charge in [-0.25, -0.2) is 4.79 Å². The molecule has 0 aromatic heterocycles. The lowest BCUT2D eigenvalue weighted by molar-refractivity contribution is -0.135. The Morgan fingerprint density at radius 2 is 1.62 bits per heavy atom. The highest BCUT2D eigenvalue weighted by Crippen LogP contribution is 2.37. The van der Waals surface area contributed by atoms with Gasteiger partial charge in [0.1, 0.15) is 12.6 Å². The fourth-order valence-corrected chi connectivity index (χ4v) is 5.25. The van der Waals surface area contributed by atoms with Crippen molar-refractivity contribution in [2.45, 2.75) is 64.0 Å². The van der Waals surface area contributed by atoms with Crippen molar-refractivity contribution in [1.29, 1.82) is 0 Å². The smallest absolute Gasteiger partial charge is 0.407 e. The third kappa shape index (κ3) is 6.24. The molecule has 0 radical (unpaired) electrons. The number of likely N-dealkylation sites (tertiary alicyclic amines) is 1. The minimum absolute atomic E-state index is 0.131. The molecule has 0 bridgehead atoms. The number of hydrogen-bond donors (Lipinski definition) is 2. The number of carbonyl (C=O) groups is 3. The van der Waals surface area contributed by atoms with Crippen LogP contribution in [0.4, 0.5) is 16.2 Å². The molecule has 37 heavy (non-hydrogen) atoms. The summed E-state index contributed by atoms with van der Waals surface area (Å²) in [6, 6.07) is 16.7. The van der Waals surface area contributed by atoms with Crippen LogP contribution in [-0.4, -0.2) is 55.6 Å². The van der Waals surface area contributed by atoms with Crippen LogP contribution in [0.1, 0.15) is 63.6 Å². The van der Waals surface area contributed by atoms with E-state index >= 15 is 0 Å². The number of ether oxygens (including phenoxy) is 1. The Hall–Kier alpha value is -3.55. The number of benzene rings is 2. The lowest BCUT2D eigenvalue weighted by Crippen LogP contribution is -2.47. The van der Waals surface area contributed by atoms with E-state index in [0.717, 1.165) is 25.8 Å². The maximum Gasteiger partial charge on any atom is 0.407 e. The predicted octanol–water partition coefficient (Wildman–Crippen LogP) is 4.61. The SMILES string of the molecule is COC(=O)NCC(=O)N1CCC[C@H]1C(=O)Nc1ccc([C@@H]2CCCN2c2ccc(C(C)(C)C)cc2)cc1. The molecule has 8 heteroatoms. The standard InChI is InChI=1S/C29H38N4O4/c1-29(2,3)21-11-15-23(16-12-21)32-17-5-7-24(32)20-9-13-22(14-10-20)31-27(35)25-8-6-18-33(25)26(34)19-30-28(36)37-4/h9-16,24-25H,5-8,17-19H2,1-4H3,(H,30,36)(H,31,35)/t24-,25-/m0/s1. The molecule has 2 aliphatic heterocycles. The summed E-state index contributed by atoms with van der Waals surface area (Å²) in [5.74, 6) is -0.506. The summed E-state index contributed by atoms with van der Waals surface area (Å²) in [6.45, 7) is 8.01. The number of nitrogens with zero attached hydrogens (tertiary/aromatic N) is 2. The number of nitrogens with one attached hydrogen (secondary N) is 2. The second-order valence-corrected chi connectivity index (χ2v) is 10.8. The summed E-state index contributed by atoms with van der Waals surface area (Å²) in [6.07, 6.45) is 2.90. The van der Waals surface area contributed by atoms with E-state index in [1.54, 1.807) is 0 Å². The third-order valence-electron chi connectivity index (χ3n) is 7.33. The van der Waals surface area contributed by atoms with Gasteiger partial charge < -0.3 is 25.2 Å². The van der Waals surface area contributed by atoms with Crippen LogP contribution in [0.2, 0.25) is 0 Å². The monoisotopic (exact) mass is 506 g/mol. The largest absolute Gasteiger partial charge is 0.453 e. The topological polar surface area (TPSA) is 91.0 Å². The van der Waals surface area contributed by atoms with Crippen LogP contribution in [0.15, 0.2) is 48.5 Å². The van der Waals surface area contributed by atoms with Gasteiger partial charge in [0.15, 0.2) is 0 Å². The molecule has 2 aromatic rings. The van der Waals surface area contributed by atoms with Gasteiger partial charge in [0.05, 0.1) is 13.2 Å². The Labute approximate surface area is 219 Å². The number of amides is 3. The molecular formula is C29H38N4O4. The third-order valence-corrected chi connectivity index (χ3v) is 7.33. The van der Waals surface area contributed by atoms with Crippen molar-refractivity contribution in [2.24, 2.45) is 0 Å². The van der Waals surface area contributed by atoms with Gasteiger partial charge in [-0.3, -0.25) is 9.59 Å². The average Bonchev–Trinajstić information content (AvgIpc) is 3.57. The predicted molar refractivity (Wildman–Crippen MR) is 145 cm³/mol. The number of carbonyl (C=O) groups excluding carboxylic acids is 3. The van der Waals surface area contributed by atoms with E-state index in [1.807, 2.05) is 12.1 Å². The first-order valence-corrected chi connectivity index (χ1v) is 13.1. The van der Waals surface area contributed by atoms with E-state index in [-0.39, 0.29) is 23.8 Å². The molecule has 2 heterocycles. The van der Waals surface area contributed by atoms with Gasteiger partial charge in [-0.2, -0.15) is 0 Å². The number of anilines is 2. The average molecular weight is 507 g/mol. The number of methoxy groups -OCH3 is 1. The van der Waals surface area contributed by atoms with E-state index in [1.165, 1.54) is 28.8 Å². The maximum atomic E-state index is 13.0. The lowest BCUT2D eigenvalue weighted by Gasteiger charge is -2.28. The molecule has 198 valence electrons. The molecule has 2 saturated heterocycles. The molecule has 2 aliphatic rings. The first-order valence-electron chi connectivity index (χ1n) is 13.1. The van der Waals surface area contributed by atoms with Gasteiger partial charge in [-0.1, -0.05) is 45.0 Å². The van der Waals surface area contributed by atoms with Crippen LogP contribution >= 0.6 is 0 Å². The summed E-state index contributed by atoms with van der Waals surface area (Å²) in [7, 11) is 1.24. The highest BCUT2D eigenvalue weighted by atomic mass is 16.5. The van der Waals surface area contributed by atoms with Crippen molar-refractivity contribution in [1.82, 2.24) is 10.2 Å². The second kappa shape index (κ2) is 11.2. The fraction of sp³-hybridized carbons (Fsp3) is 0.483. The Balaban J connectivity index is 1.38. The molecule has 0 unspecified atom stereocenters. The summed E-state index contributed by atoms with van der Waals surface area (Å²) < 4.78 is 4.51. The molecule has 0 saturated carbocycles. The van der Waals surface area contributed by atoms with Gasteiger partial charge in [0, 0.05) is 24.5 Å². The van der Waals surface area contributed by atoms with Gasteiger partial charge in [-0.15, -0.1) is 0 Å². The number of alkyl carbamates (subject to hydrolysis) is 1. The number of rotatable bonds is 6. The van der Waals surface area contributed by atoms with Crippen LogP contribution in [0.3, 0.4) is 0 Å². The van der Waals surface area contributed by atoms with Crippen LogP contribution in [0, 0.1) is 0 Å². The molecule has 4 rings (SSSR count). The summed E-state index contributed by atoms with van der Waals surface area (Å²) in [5.41, 5.74) is 4.63. The maximum absolute atomic E-state index is 13.0. The molecule has 8 nitrogen and oxygen atoms in total. The van der Waals surface area contributed by atoms with Crippen LogP contribution < -0.4 is 15.5 Å². The minimum Gasteiger partial charge on any atom is -0.453 e. The Morgan fingerprint density at radius 3 is 2.27 bits per heavy atom. The van der Waals surface area contributed by atoms with Crippen molar-refractivity contribution in [3.05, 3.63) is 59.7 Å². The zero-order valence-electron chi connectivity index (χ0n) is 22.3. The summed E-state index contributed by atoms with van der Waals surface area (Å²) >= 11 is 0. The molecule has 2 N–H and O–H groups in total. The molecular weight excluding hydrogens is 468 g/mol. The molecule has 3 amide bonds. The molecule has 0 aliphatic carbocycles. The Morgan fingerprint density at radius 1 is 0.946 bits per heavy atom. The van der Waals surface area contributed by atoms with Crippen molar-refractivity contribution in [3.63, 3.8) is 0 Å². The van der Waals surface area contributed by atoms with Crippen LogP contribution in [-0.2, 0) is 19.7 Å². The number of hydrogen-bond acceptors (Lipinski definition) is 5. The highest BCUT2D eigenvalue weighted by molar-refractivity contribution is 5.98. The summed E-state index contributed by atoms with van der Waals surface area (Å²) in [5, 5.41) is 5.35.